The second kappa shape index (κ2) is 4.52. The number of carbonyl (C=O) groups excluding carboxylic acids is 1. The van der Waals surface area contributed by atoms with E-state index in [2.05, 4.69) is 10.2 Å². The number of hydrogen-bond acceptors (Lipinski definition) is 4. The Morgan fingerprint density at radius 3 is 2.61 bits per heavy atom. The number of amides is 1. The molecule has 0 spiro atoms. The lowest BCUT2D eigenvalue weighted by Gasteiger charge is -2.14. The van der Waals surface area contributed by atoms with Crippen LogP contribution >= 0.6 is 0 Å². The van der Waals surface area contributed by atoms with E-state index < -0.39 is 0 Å². The van der Waals surface area contributed by atoms with Crippen LogP contribution in [0.5, 0.6) is 0 Å². The Labute approximate surface area is 105 Å². The molecule has 96 valence electrons. The predicted molar refractivity (Wildman–Crippen MR) is 66.6 cm³/mol. The lowest BCUT2D eigenvalue weighted by atomic mass is 10.3. The van der Waals surface area contributed by atoms with Crippen molar-refractivity contribution in [1.29, 1.82) is 0 Å². The first-order valence-electron chi connectivity index (χ1n) is 5.49. The smallest absolute Gasteiger partial charge is 0.276 e. The van der Waals surface area contributed by atoms with Gasteiger partial charge in [0.05, 0.1) is 11.9 Å². The number of hydrogen-bond donors (Lipinski definition) is 1. The van der Waals surface area contributed by atoms with E-state index in [0.29, 0.717) is 12.2 Å². The molecule has 2 heterocycles. The van der Waals surface area contributed by atoms with Crippen LogP contribution in [-0.4, -0.2) is 37.4 Å². The summed E-state index contributed by atoms with van der Waals surface area (Å²) < 4.78 is 3.23. The van der Waals surface area contributed by atoms with Crippen molar-refractivity contribution in [3.8, 4) is 0 Å². The van der Waals surface area contributed by atoms with Crippen LogP contribution in [0.25, 0.3) is 0 Å². The van der Waals surface area contributed by atoms with E-state index in [-0.39, 0.29) is 11.6 Å². The molecule has 0 saturated carbocycles. The van der Waals surface area contributed by atoms with Crippen LogP contribution in [0.1, 0.15) is 16.1 Å². The van der Waals surface area contributed by atoms with E-state index >= 15 is 0 Å². The highest BCUT2D eigenvalue weighted by Crippen LogP contribution is 2.12. The highest BCUT2D eigenvalue weighted by molar-refractivity contribution is 5.96. The quantitative estimate of drug-likeness (QED) is 0.829. The Bertz CT molecular complexity index is 570. The van der Waals surface area contributed by atoms with E-state index in [1.165, 1.54) is 4.68 Å². The molecule has 0 unspecified atom stereocenters. The van der Waals surface area contributed by atoms with Gasteiger partial charge in [-0.1, -0.05) is 0 Å². The molecule has 7 heteroatoms. The molecule has 1 amide bonds. The summed E-state index contributed by atoms with van der Waals surface area (Å²) in [5, 5.41) is 8.12. The summed E-state index contributed by atoms with van der Waals surface area (Å²) in [6.45, 7) is 0.475. The van der Waals surface area contributed by atoms with Crippen LogP contribution in [0.3, 0.4) is 0 Å². The van der Waals surface area contributed by atoms with Crippen molar-refractivity contribution in [2.75, 3.05) is 12.8 Å². The van der Waals surface area contributed by atoms with E-state index in [4.69, 9.17) is 5.73 Å². The van der Waals surface area contributed by atoms with Crippen LogP contribution in [0, 0.1) is 0 Å². The fraction of sp³-hybridized carbons (Fsp3) is 0.364. The van der Waals surface area contributed by atoms with Gasteiger partial charge in [0, 0.05) is 45.6 Å². The number of carbonyl (C=O) groups is 1. The monoisotopic (exact) mass is 248 g/mol. The normalized spacial score (nSPS) is 10.6. The molecule has 0 fully saturated rings. The Morgan fingerprint density at radius 1 is 1.39 bits per heavy atom. The molecule has 2 N–H and O–H groups in total. The Morgan fingerprint density at radius 2 is 2.11 bits per heavy atom. The van der Waals surface area contributed by atoms with Crippen molar-refractivity contribution in [3.63, 3.8) is 0 Å². The van der Waals surface area contributed by atoms with Gasteiger partial charge in [-0.3, -0.25) is 14.2 Å². The fourth-order valence-corrected chi connectivity index (χ4v) is 1.75. The van der Waals surface area contributed by atoms with Crippen LogP contribution in [0.4, 0.5) is 5.69 Å². The molecular formula is C11H16N6O. The van der Waals surface area contributed by atoms with Gasteiger partial charge < -0.3 is 10.6 Å². The molecule has 0 atom stereocenters. The van der Waals surface area contributed by atoms with Crippen LogP contribution in [0.15, 0.2) is 18.6 Å². The lowest BCUT2D eigenvalue weighted by molar-refractivity contribution is 0.0779. The van der Waals surface area contributed by atoms with Crippen molar-refractivity contribution in [2.45, 2.75) is 6.54 Å². The Hall–Kier alpha value is -2.31. The summed E-state index contributed by atoms with van der Waals surface area (Å²) in [5.74, 6) is -0.197. The standard InChI is InChI=1S/C11H16N6O/c1-15(5-8-4-13-16(2)6-8)11(18)10-9(12)7-17(3)14-10/h4,6-7H,5,12H2,1-3H3. The van der Waals surface area contributed by atoms with Gasteiger partial charge in [0.2, 0.25) is 0 Å². The minimum atomic E-state index is -0.197. The summed E-state index contributed by atoms with van der Waals surface area (Å²) in [4.78, 5) is 13.7. The number of aryl methyl sites for hydroxylation is 2. The highest BCUT2D eigenvalue weighted by atomic mass is 16.2. The highest BCUT2D eigenvalue weighted by Gasteiger charge is 2.18. The molecule has 0 aliphatic rings. The van der Waals surface area contributed by atoms with Gasteiger partial charge in [-0.15, -0.1) is 0 Å². The van der Waals surface area contributed by atoms with Gasteiger partial charge in [0.1, 0.15) is 0 Å². The average molecular weight is 248 g/mol. The zero-order valence-corrected chi connectivity index (χ0v) is 10.7. The number of rotatable bonds is 3. The van der Waals surface area contributed by atoms with Gasteiger partial charge in [-0.05, 0) is 0 Å². The molecule has 0 aliphatic carbocycles. The number of aromatic nitrogens is 4. The van der Waals surface area contributed by atoms with E-state index in [1.54, 1.807) is 36.1 Å². The third kappa shape index (κ3) is 2.34. The first-order chi connectivity index (χ1) is 8.47. The minimum Gasteiger partial charge on any atom is -0.396 e. The maximum absolute atomic E-state index is 12.1. The van der Waals surface area contributed by atoms with E-state index in [1.807, 2.05) is 13.2 Å². The molecule has 0 aliphatic heterocycles. The van der Waals surface area contributed by atoms with Crippen molar-refractivity contribution in [3.05, 3.63) is 29.8 Å². The molecule has 0 aromatic carbocycles. The average Bonchev–Trinajstić information content (AvgIpc) is 2.84. The SMILES string of the molecule is CN(Cc1cnn(C)c1)C(=O)c1nn(C)cc1N. The molecular weight excluding hydrogens is 232 g/mol. The Balaban J connectivity index is 2.11. The molecule has 0 saturated heterocycles. The predicted octanol–water partition coefficient (Wildman–Crippen LogP) is 0.00800. The fourth-order valence-electron chi connectivity index (χ4n) is 1.75. The molecule has 18 heavy (non-hydrogen) atoms. The lowest BCUT2D eigenvalue weighted by Crippen LogP contribution is -2.27. The number of nitrogens with zero attached hydrogens (tertiary/aromatic N) is 5. The minimum absolute atomic E-state index is 0.197. The number of nitrogens with two attached hydrogens (primary N) is 1. The van der Waals surface area contributed by atoms with Gasteiger partial charge in [0.15, 0.2) is 5.69 Å². The summed E-state index contributed by atoms with van der Waals surface area (Å²) in [6, 6.07) is 0. The molecule has 7 nitrogen and oxygen atoms in total. The van der Waals surface area contributed by atoms with Crippen molar-refractivity contribution < 1.29 is 4.79 Å². The van der Waals surface area contributed by atoms with Crippen LogP contribution in [0.2, 0.25) is 0 Å². The van der Waals surface area contributed by atoms with Crippen molar-refractivity contribution in [1.82, 2.24) is 24.5 Å². The topological polar surface area (TPSA) is 82.0 Å². The summed E-state index contributed by atoms with van der Waals surface area (Å²) in [6.07, 6.45) is 5.21. The van der Waals surface area contributed by atoms with Gasteiger partial charge in [-0.2, -0.15) is 10.2 Å². The van der Waals surface area contributed by atoms with Crippen LogP contribution < -0.4 is 5.73 Å². The first-order valence-corrected chi connectivity index (χ1v) is 5.49. The van der Waals surface area contributed by atoms with Gasteiger partial charge in [0.25, 0.3) is 5.91 Å². The second-order valence-corrected chi connectivity index (χ2v) is 4.29. The number of nitrogen functional groups attached to an aromatic ring is 1. The summed E-state index contributed by atoms with van der Waals surface area (Å²) in [5.41, 5.74) is 7.36. The third-order valence-corrected chi connectivity index (χ3v) is 2.58. The zero-order chi connectivity index (χ0) is 13.3. The van der Waals surface area contributed by atoms with E-state index in [9.17, 15) is 4.79 Å². The molecule has 0 bridgehead atoms. The first kappa shape index (κ1) is 12.2. The number of anilines is 1. The van der Waals surface area contributed by atoms with E-state index in [0.717, 1.165) is 5.56 Å². The molecule has 2 aromatic rings. The van der Waals surface area contributed by atoms with Gasteiger partial charge in [-0.25, -0.2) is 0 Å². The second-order valence-electron chi connectivity index (χ2n) is 4.29. The maximum atomic E-state index is 12.1. The third-order valence-electron chi connectivity index (χ3n) is 2.58. The Kier molecular flexibility index (Phi) is 3.05. The zero-order valence-electron chi connectivity index (χ0n) is 10.7. The van der Waals surface area contributed by atoms with Crippen molar-refractivity contribution in [2.24, 2.45) is 14.1 Å². The van der Waals surface area contributed by atoms with Crippen molar-refractivity contribution >= 4 is 11.6 Å². The summed E-state index contributed by atoms with van der Waals surface area (Å²) >= 11 is 0. The molecule has 2 aromatic heterocycles. The maximum Gasteiger partial charge on any atom is 0.276 e. The summed E-state index contributed by atoms with van der Waals surface area (Å²) in [7, 11) is 5.28. The van der Waals surface area contributed by atoms with Gasteiger partial charge >= 0.3 is 0 Å². The molecule has 2 rings (SSSR count). The van der Waals surface area contributed by atoms with Crippen LogP contribution in [-0.2, 0) is 20.6 Å². The largest absolute Gasteiger partial charge is 0.396 e. The molecule has 0 radical (unpaired) electrons.